The van der Waals surface area contributed by atoms with Crippen LogP contribution >= 0.6 is 0 Å². The van der Waals surface area contributed by atoms with Gasteiger partial charge in [0.2, 0.25) is 0 Å². The van der Waals surface area contributed by atoms with Gasteiger partial charge in [0.1, 0.15) is 19.7 Å². The number of aromatic nitrogens is 2. The van der Waals surface area contributed by atoms with Crippen LogP contribution in [0.5, 0.6) is 0 Å². The Balaban J connectivity index is 2.52. The van der Waals surface area contributed by atoms with E-state index in [1.54, 1.807) is 0 Å². The van der Waals surface area contributed by atoms with E-state index in [2.05, 4.69) is 41.1 Å². The number of rotatable bonds is 2. The highest BCUT2D eigenvalue weighted by atomic mass is 28.3. The first-order valence-electron chi connectivity index (χ1n) is 6.60. The Morgan fingerprint density at radius 1 is 1.35 bits per heavy atom. The van der Waals surface area contributed by atoms with Crippen molar-refractivity contribution in [2.24, 2.45) is 0 Å². The number of carbonyl (C=O) groups excluding carboxylic acids is 1. The van der Waals surface area contributed by atoms with Crippen LogP contribution in [0.25, 0.3) is 0 Å². The van der Waals surface area contributed by atoms with Gasteiger partial charge in [-0.05, 0) is 12.8 Å². The summed E-state index contributed by atoms with van der Waals surface area (Å²) >= 11 is 0. The largest absolute Gasteiger partial charge is 0.464 e. The maximum Gasteiger partial charge on any atom is 0.358 e. The maximum atomic E-state index is 11.9. The standard InChI is InChI=1S/C14H19N3O2Si/c1-19-14(18)11-10(7-8-20(2,3)4)12(15)17-13(16-11)9-5-6-9/h9H,5-6H2,1-4H3,(H2,15,16,17). The molecule has 0 amide bonds. The van der Waals surface area contributed by atoms with Crippen molar-refractivity contribution in [3.8, 4) is 11.5 Å². The molecule has 0 saturated heterocycles. The number of hydrogen-bond donors (Lipinski definition) is 1. The Labute approximate surface area is 120 Å². The molecular formula is C14H19N3O2Si. The average molecular weight is 289 g/mol. The molecule has 1 aliphatic rings. The summed E-state index contributed by atoms with van der Waals surface area (Å²) in [5.74, 6) is 3.69. The van der Waals surface area contributed by atoms with E-state index >= 15 is 0 Å². The van der Waals surface area contributed by atoms with Gasteiger partial charge >= 0.3 is 5.97 Å². The lowest BCUT2D eigenvalue weighted by Gasteiger charge is -2.08. The van der Waals surface area contributed by atoms with Crippen molar-refractivity contribution in [1.82, 2.24) is 9.97 Å². The summed E-state index contributed by atoms with van der Waals surface area (Å²) in [5.41, 5.74) is 9.73. The van der Waals surface area contributed by atoms with E-state index in [4.69, 9.17) is 10.5 Å². The SMILES string of the molecule is COC(=O)c1nc(C2CC2)nc(N)c1C#C[Si](C)(C)C. The quantitative estimate of drug-likeness (QED) is 0.511. The minimum Gasteiger partial charge on any atom is -0.464 e. The fourth-order valence-corrected chi connectivity index (χ4v) is 2.14. The Hall–Kier alpha value is -1.87. The molecule has 0 bridgehead atoms. The van der Waals surface area contributed by atoms with Crippen LogP contribution in [0.2, 0.25) is 19.6 Å². The Kier molecular flexibility index (Phi) is 3.82. The van der Waals surface area contributed by atoms with E-state index in [9.17, 15) is 4.79 Å². The minimum absolute atomic E-state index is 0.188. The van der Waals surface area contributed by atoms with E-state index in [-0.39, 0.29) is 11.5 Å². The van der Waals surface area contributed by atoms with Crippen molar-refractivity contribution >= 4 is 19.9 Å². The summed E-state index contributed by atoms with van der Waals surface area (Å²) in [5, 5.41) is 0. The van der Waals surface area contributed by atoms with Crippen molar-refractivity contribution in [2.75, 3.05) is 12.8 Å². The zero-order valence-electron chi connectivity index (χ0n) is 12.3. The molecule has 2 N–H and O–H groups in total. The first kappa shape index (κ1) is 14.5. The minimum atomic E-state index is -1.58. The number of carbonyl (C=O) groups is 1. The fraction of sp³-hybridized carbons (Fsp3) is 0.500. The third kappa shape index (κ3) is 3.36. The Bertz CT molecular complexity index is 607. The van der Waals surface area contributed by atoms with Gasteiger partial charge in [-0.3, -0.25) is 0 Å². The van der Waals surface area contributed by atoms with Gasteiger partial charge in [0, 0.05) is 5.92 Å². The molecule has 1 aliphatic carbocycles. The number of hydrogen-bond acceptors (Lipinski definition) is 5. The highest BCUT2D eigenvalue weighted by molar-refractivity contribution is 6.83. The van der Waals surface area contributed by atoms with Gasteiger partial charge in [-0.25, -0.2) is 14.8 Å². The molecule has 1 fully saturated rings. The molecule has 6 heteroatoms. The number of methoxy groups -OCH3 is 1. The summed E-state index contributed by atoms with van der Waals surface area (Å²) in [6.07, 6.45) is 2.08. The predicted molar refractivity (Wildman–Crippen MR) is 80.0 cm³/mol. The third-order valence-electron chi connectivity index (χ3n) is 2.84. The number of nitrogen functional groups attached to an aromatic ring is 1. The second-order valence-electron chi connectivity index (χ2n) is 5.96. The van der Waals surface area contributed by atoms with Gasteiger partial charge in [0.05, 0.1) is 12.7 Å². The molecular weight excluding hydrogens is 270 g/mol. The van der Waals surface area contributed by atoms with Gasteiger partial charge in [-0.15, -0.1) is 5.54 Å². The van der Waals surface area contributed by atoms with Crippen molar-refractivity contribution in [3.63, 3.8) is 0 Å². The summed E-state index contributed by atoms with van der Waals surface area (Å²) in [4.78, 5) is 20.5. The van der Waals surface area contributed by atoms with E-state index < -0.39 is 14.0 Å². The summed E-state index contributed by atoms with van der Waals surface area (Å²) in [7, 11) is -0.252. The molecule has 0 aromatic carbocycles. The first-order chi connectivity index (χ1) is 9.31. The molecule has 1 heterocycles. The summed E-state index contributed by atoms with van der Waals surface area (Å²) in [6, 6.07) is 0. The Morgan fingerprint density at radius 3 is 2.50 bits per heavy atom. The van der Waals surface area contributed by atoms with Crippen LogP contribution in [0.4, 0.5) is 5.82 Å². The summed E-state index contributed by atoms with van der Waals surface area (Å²) < 4.78 is 4.78. The van der Waals surface area contributed by atoms with Crippen molar-refractivity contribution in [1.29, 1.82) is 0 Å². The second kappa shape index (κ2) is 5.25. The molecule has 0 radical (unpaired) electrons. The number of esters is 1. The number of ether oxygens (including phenoxy) is 1. The molecule has 20 heavy (non-hydrogen) atoms. The van der Waals surface area contributed by atoms with E-state index in [0.717, 1.165) is 12.8 Å². The first-order valence-corrected chi connectivity index (χ1v) is 10.1. The molecule has 2 rings (SSSR count). The number of anilines is 1. The van der Waals surface area contributed by atoms with Crippen LogP contribution < -0.4 is 5.73 Å². The molecule has 106 valence electrons. The van der Waals surface area contributed by atoms with Crippen LogP contribution in [0.15, 0.2) is 0 Å². The monoisotopic (exact) mass is 289 g/mol. The highest BCUT2D eigenvalue weighted by Gasteiger charge is 2.29. The van der Waals surface area contributed by atoms with Crippen LogP contribution in [0.1, 0.15) is 40.6 Å². The van der Waals surface area contributed by atoms with Gasteiger partial charge in [-0.2, -0.15) is 0 Å². The molecule has 1 aromatic rings. The zero-order valence-corrected chi connectivity index (χ0v) is 13.3. The molecule has 1 aromatic heterocycles. The van der Waals surface area contributed by atoms with E-state index in [0.29, 0.717) is 17.3 Å². The normalized spacial score (nSPS) is 14.4. The second-order valence-corrected chi connectivity index (χ2v) is 10.7. The molecule has 0 spiro atoms. The molecule has 1 saturated carbocycles. The van der Waals surface area contributed by atoms with E-state index in [1.165, 1.54) is 7.11 Å². The smallest absolute Gasteiger partial charge is 0.358 e. The lowest BCUT2D eigenvalue weighted by Crippen LogP contribution is -2.18. The third-order valence-corrected chi connectivity index (χ3v) is 3.71. The lowest BCUT2D eigenvalue weighted by atomic mass is 10.2. The van der Waals surface area contributed by atoms with Crippen LogP contribution in [-0.2, 0) is 4.74 Å². The van der Waals surface area contributed by atoms with Gasteiger partial charge in [0.25, 0.3) is 0 Å². The van der Waals surface area contributed by atoms with Crippen molar-refractivity contribution in [2.45, 2.75) is 38.4 Å². The van der Waals surface area contributed by atoms with Gasteiger partial charge in [0.15, 0.2) is 5.69 Å². The molecule has 5 nitrogen and oxygen atoms in total. The Morgan fingerprint density at radius 2 is 2.00 bits per heavy atom. The highest BCUT2D eigenvalue weighted by Crippen LogP contribution is 2.38. The fourth-order valence-electron chi connectivity index (χ4n) is 1.64. The average Bonchev–Trinajstić information content (AvgIpc) is 3.18. The van der Waals surface area contributed by atoms with E-state index in [1.807, 2.05) is 0 Å². The lowest BCUT2D eigenvalue weighted by molar-refractivity contribution is 0.0593. The van der Waals surface area contributed by atoms with Gasteiger partial charge < -0.3 is 10.5 Å². The number of nitrogens with zero attached hydrogens (tertiary/aromatic N) is 2. The molecule has 0 atom stereocenters. The zero-order chi connectivity index (χ0) is 14.9. The van der Waals surface area contributed by atoms with Gasteiger partial charge in [-0.1, -0.05) is 25.6 Å². The summed E-state index contributed by atoms with van der Waals surface area (Å²) in [6.45, 7) is 6.36. The van der Waals surface area contributed by atoms with Crippen LogP contribution in [0, 0.1) is 11.5 Å². The topological polar surface area (TPSA) is 78.1 Å². The molecule has 0 aliphatic heterocycles. The van der Waals surface area contributed by atoms with Crippen molar-refractivity contribution in [3.05, 3.63) is 17.1 Å². The van der Waals surface area contributed by atoms with Crippen LogP contribution in [0.3, 0.4) is 0 Å². The predicted octanol–water partition coefficient (Wildman–Crippen LogP) is 1.95. The number of nitrogens with two attached hydrogens (primary N) is 1. The molecule has 0 unspecified atom stereocenters. The van der Waals surface area contributed by atoms with Crippen LogP contribution in [-0.4, -0.2) is 31.1 Å². The van der Waals surface area contributed by atoms with Crippen molar-refractivity contribution < 1.29 is 9.53 Å². The maximum absolute atomic E-state index is 11.9.